The van der Waals surface area contributed by atoms with Gasteiger partial charge in [0.15, 0.2) is 0 Å². The Kier molecular flexibility index (Phi) is 7.48. The third-order valence-electron chi connectivity index (χ3n) is 6.85. The average molecular weight is 677 g/mol. The molecule has 0 saturated heterocycles. The molecule has 0 aliphatic rings. The second-order valence-corrected chi connectivity index (χ2v) is 22.7. The van der Waals surface area contributed by atoms with Crippen molar-refractivity contribution in [2.75, 3.05) is 0 Å². The van der Waals surface area contributed by atoms with Crippen LogP contribution in [-0.4, -0.2) is 40.6 Å². The predicted octanol–water partition coefficient (Wildman–Crippen LogP) is 3.37. The molecular formula is C30H23N2O7SSb. The van der Waals surface area contributed by atoms with Crippen molar-refractivity contribution in [3.63, 3.8) is 0 Å². The number of hydrogen-bond acceptors (Lipinski definition) is 7. The topological polar surface area (TPSA) is 130 Å². The summed E-state index contributed by atoms with van der Waals surface area (Å²) < 4.78 is 46.2. The van der Waals surface area contributed by atoms with Crippen molar-refractivity contribution in [2.24, 2.45) is 0 Å². The second kappa shape index (κ2) is 10.9. The van der Waals surface area contributed by atoms with Crippen LogP contribution in [0.3, 0.4) is 0 Å². The van der Waals surface area contributed by atoms with E-state index in [0.717, 1.165) is 18.2 Å². The van der Waals surface area contributed by atoms with E-state index >= 15 is 0 Å². The first-order valence-corrected chi connectivity index (χ1v) is 19.9. The van der Waals surface area contributed by atoms with E-state index in [1.165, 1.54) is 0 Å². The third kappa shape index (κ3) is 4.70. The van der Waals surface area contributed by atoms with Crippen molar-refractivity contribution in [3.8, 4) is 0 Å². The molecule has 0 N–H and O–H groups in total. The molecule has 0 saturated carbocycles. The Morgan fingerprint density at radius 3 is 1.27 bits per heavy atom. The summed E-state index contributed by atoms with van der Waals surface area (Å²) >= 11 is -5.85. The molecule has 0 bridgehead atoms. The van der Waals surface area contributed by atoms with E-state index in [1.807, 2.05) is 121 Å². The van der Waals surface area contributed by atoms with Gasteiger partial charge in [0.25, 0.3) is 0 Å². The number of nitrogens with zero attached hydrogens (tertiary/aromatic N) is 2. The number of nitro groups is 1. The maximum atomic E-state index is 14.3. The average Bonchev–Trinajstić information content (AvgIpc) is 3.01. The van der Waals surface area contributed by atoms with Crippen LogP contribution in [0.5, 0.6) is 0 Å². The maximum absolute atomic E-state index is 14.3. The van der Waals surface area contributed by atoms with E-state index in [4.69, 9.17) is 3.12 Å². The van der Waals surface area contributed by atoms with E-state index in [0.29, 0.717) is 14.0 Å². The molecule has 0 amide bonds. The zero-order valence-electron chi connectivity index (χ0n) is 21.4. The normalized spacial score (nSPS) is 12.6. The zero-order chi connectivity index (χ0) is 29.1. The van der Waals surface area contributed by atoms with Crippen LogP contribution in [0.2, 0.25) is 0 Å². The van der Waals surface area contributed by atoms with Crippen molar-refractivity contribution >= 4 is 53.4 Å². The molecule has 0 fully saturated rings. The SMILES string of the molecule is O=[N+]([O-])c1ccc(S(=O)(=O)[O-])c([N+](=O)[O][Sb]([c]2ccccc2)([c]2ccccc2)([c]2ccccc2)[c]2ccccc2)c1. The molecule has 0 aliphatic carbocycles. The summed E-state index contributed by atoms with van der Waals surface area (Å²) in [4.78, 5) is 24.2. The summed E-state index contributed by atoms with van der Waals surface area (Å²) in [6.07, 6.45) is 0. The minimum atomic E-state index is -5.85. The van der Waals surface area contributed by atoms with Crippen LogP contribution in [0, 0.1) is 15.0 Å². The second-order valence-electron chi connectivity index (χ2n) is 9.08. The first kappa shape index (κ1) is 28.2. The van der Waals surface area contributed by atoms with Crippen LogP contribution in [0.15, 0.2) is 144 Å². The van der Waals surface area contributed by atoms with Gasteiger partial charge in [-0.1, -0.05) is 0 Å². The molecule has 5 aromatic carbocycles. The van der Waals surface area contributed by atoms with Gasteiger partial charge in [0.1, 0.15) is 0 Å². The standard InChI is InChI=1S/C6H4N2O7S.4C6H5.Sb/c9-7(10)4-1-2-6(16(13,14)15)5(3-4)8(11)12;4*1-2-4-6-5-3-1;/h1-3H,(H,13,14,15);4*1-5H;/q;;;;;+1/p-1. The van der Waals surface area contributed by atoms with Gasteiger partial charge < -0.3 is 0 Å². The van der Waals surface area contributed by atoms with E-state index in [-0.39, 0.29) is 4.92 Å². The molecule has 206 valence electrons. The van der Waals surface area contributed by atoms with Gasteiger partial charge in [0.05, 0.1) is 0 Å². The van der Waals surface area contributed by atoms with Crippen LogP contribution in [0.25, 0.3) is 0 Å². The molecule has 0 aromatic heterocycles. The fourth-order valence-corrected chi connectivity index (χ4v) is 21.5. The van der Waals surface area contributed by atoms with E-state index in [2.05, 4.69) is 0 Å². The zero-order valence-corrected chi connectivity index (χ0v) is 24.8. The van der Waals surface area contributed by atoms with Gasteiger partial charge in [-0.2, -0.15) is 0 Å². The molecule has 9 nitrogen and oxygen atoms in total. The minimum absolute atomic E-state index is 0.0283. The number of rotatable bonds is 9. The van der Waals surface area contributed by atoms with E-state index in [9.17, 15) is 28.0 Å². The molecule has 5 aromatic rings. The molecule has 0 unspecified atom stereocenters. The van der Waals surface area contributed by atoms with Crippen molar-refractivity contribution in [2.45, 2.75) is 4.90 Å². The number of benzene rings is 5. The number of nitro benzene ring substituents is 1. The monoisotopic (exact) mass is 676 g/mol. The fraction of sp³-hybridized carbons (Fsp3) is 0. The van der Waals surface area contributed by atoms with Gasteiger partial charge in [-0.15, -0.1) is 0 Å². The summed E-state index contributed by atoms with van der Waals surface area (Å²) in [7, 11) is -5.23. The molecule has 11 heteroatoms. The predicted molar refractivity (Wildman–Crippen MR) is 155 cm³/mol. The Bertz CT molecular complexity index is 1670. The van der Waals surface area contributed by atoms with Gasteiger partial charge in [-0.3, -0.25) is 0 Å². The Morgan fingerprint density at radius 1 is 0.585 bits per heavy atom. The summed E-state index contributed by atoms with van der Waals surface area (Å²) in [5, 5.41) is 11.6. The molecular weight excluding hydrogens is 654 g/mol. The summed E-state index contributed by atoms with van der Waals surface area (Å²) in [5.74, 6) is 0. The number of hydrogen-bond donors (Lipinski definition) is 0. The van der Waals surface area contributed by atoms with Gasteiger partial charge in [0.2, 0.25) is 0 Å². The Hall–Kier alpha value is -4.37. The third-order valence-corrected chi connectivity index (χ3v) is 23.7. The van der Waals surface area contributed by atoms with Crippen molar-refractivity contribution in [1.29, 1.82) is 0 Å². The fourth-order valence-electron chi connectivity index (χ4n) is 5.10. The van der Waals surface area contributed by atoms with E-state index in [1.54, 1.807) is 0 Å². The first-order chi connectivity index (χ1) is 19.7. The summed E-state index contributed by atoms with van der Waals surface area (Å²) in [5.41, 5.74) is -1.37. The first-order valence-electron chi connectivity index (χ1n) is 12.3. The van der Waals surface area contributed by atoms with Crippen LogP contribution >= 0.6 is 0 Å². The quantitative estimate of drug-likeness (QED) is 0.101. The Morgan fingerprint density at radius 2 is 0.951 bits per heavy atom. The Labute approximate surface area is 237 Å². The van der Waals surface area contributed by atoms with Crippen molar-refractivity contribution in [1.82, 2.24) is 0 Å². The molecule has 5 rings (SSSR count). The van der Waals surface area contributed by atoms with Crippen molar-refractivity contribution in [3.05, 3.63) is 155 Å². The molecule has 0 aliphatic heterocycles. The summed E-state index contributed by atoms with van der Waals surface area (Å²) in [6.45, 7) is 0. The molecule has 0 atom stereocenters. The van der Waals surface area contributed by atoms with Crippen molar-refractivity contribution < 1.29 is 25.9 Å². The molecule has 41 heavy (non-hydrogen) atoms. The van der Waals surface area contributed by atoms with E-state index < -0.39 is 49.1 Å². The van der Waals surface area contributed by atoms with Crippen LogP contribution in [0.4, 0.5) is 11.4 Å². The van der Waals surface area contributed by atoms with Gasteiger partial charge in [-0.05, 0) is 0 Å². The Balaban J connectivity index is 1.97. The molecule has 0 spiro atoms. The number of non-ortho nitro benzene ring substituents is 1. The summed E-state index contributed by atoms with van der Waals surface area (Å²) in [6, 6.07) is 39.0. The molecule has 0 heterocycles. The van der Waals surface area contributed by atoms with Crippen LogP contribution in [-0.2, 0) is 13.2 Å². The van der Waals surface area contributed by atoms with Crippen LogP contribution < -0.4 is 14.0 Å². The van der Waals surface area contributed by atoms with Gasteiger partial charge in [-0.25, -0.2) is 0 Å². The van der Waals surface area contributed by atoms with Gasteiger partial charge >= 0.3 is 239 Å². The molecule has 0 radical (unpaired) electrons. The van der Waals surface area contributed by atoms with Gasteiger partial charge in [0, 0.05) is 0 Å². The van der Waals surface area contributed by atoms with Crippen LogP contribution in [0.1, 0.15) is 0 Å².